The van der Waals surface area contributed by atoms with Gasteiger partial charge in [0.25, 0.3) is 0 Å². The zero-order chi connectivity index (χ0) is 9.52. The molecule has 0 radical (unpaired) electrons. The average Bonchev–Trinajstić information content (AvgIpc) is 2.01. The van der Waals surface area contributed by atoms with Gasteiger partial charge in [-0.25, -0.2) is 0 Å². The van der Waals surface area contributed by atoms with Gasteiger partial charge >= 0.3 is 7.12 Å². The van der Waals surface area contributed by atoms with Gasteiger partial charge in [0.1, 0.15) is 0 Å². The lowest BCUT2D eigenvalue weighted by Gasteiger charge is -2.19. The van der Waals surface area contributed by atoms with Gasteiger partial charge in [-0.15, -0.1) is 0 Å². The number of nitrogens with one attached hydrogen (secondary N) is 1. The molecule has 0 saturated carbocycles. The quantitative estimate of drug-likeness (QED) is 0.669. The van der Waals surface area contributed by atoms with Gasteiger partial charge in [-0.1, -0.05) is 20.3 Å². The molecule has 0 aromatic rings. The fraction of sp³-hybridized carbons (Fsp3) is 1.00. The van der Waals surface area contributed by atoms with Crippen molar-refractivity contribution in [1.29, 1.82) is 0 Å². The molecule has 0 spiro atoms. The van der Waals surface area contributed by atoms with Crippen molar-refractivity contribution in [1.82, 2.24) is 5.32 Å². The topological polar surface area (TPSA) is 30.5 Å². The highest BCUT2D eigenvalue weighted by Crippen LogP contribution is 2.09. The van der Waals surface area contributed by atoms with E-state index >= 15 is 0 Å². The number of rotatable bonds is 3. The second kappa shape index (κ2) is 6.41. The third-order valence-electron chi connectivity index (χ3n) is 2.14. The van der Waals surface area contributed by atoms with Crippen LogP contribution in [0, 0.1) is 5.92 Å². The summed E-state index contributed by atoms with van der Waals surface area (Å²) in [5, 5.41) is 3.22. The molecule has 13 heavy (non-hydrogen) atoms. The van der Waals surface area contributed by atoms with Crippen LogP contribution >= 0.6 is 0 Å². The van der Waals surface area contributed by atoms with Crippen LogP contribution in [0.3, 0.4) is 0 Å². The van der Waals surface area contributed by atoms with Crippen LogP contribution in [0.2, 0.25) is 6.32 Å². The standard InChI is InChI=1S/C9H20BNO2/c1-9(2)3-4-10-12-7-5-11-6-8-13-10/h9,11H,3-8H2,1-2H3. The first-order chi connectivity index (χ1) is 6.29. The summed E-state index contributed by atoms with van der Waals surface area (Å²) < 4.78 is 11.1. The highest BCUT2D eigenvalue weighted by atomic mass is 16.6. The Hall–Kier alpha value is -0.0551. The summed E-state index contributed by atoms with van der Waals surface area (Å²) in [6.07, 6.45) is 2.20. The minimum absolute atomic E-state index is 0.0319. The lowest BCUT2D eigenvalue weighted by atomic mass is 9.80. The molecule has 0 unspecified atom stereocenters. The predicted octanol–water partition coefficient (Wildman–Crippen LogP) is 1.16. The van der Waals surface area contributed by atoms with Gasteiger partial charge in [-0.2, -0.15) is 0 Å². The third-order valence-corrected chi connectivity index (χ3v) is 2.14. The maximum absolute atomic E-state index is 5.55. The van der Waals surface area contributed by atoms with Crippen molar-refractivity contribution < 1.29 is 9.31 Å². The zero-order valence-electron chi connectivity index (χ0n) is 8.71. The predicted molar refractivity (Wildman–Crippen MR) is 54.8 cm³/mol. The molecular formula is C9H20BNO2. The maximum atomic E-state index is 5.55. The van der Waals surface area contributed by atoms with Crippen LogP contribution in [0.4, 0.5) is 0 Å². The SMILES string of the molecule is CC(C)CCB1OCCNCCO1. The largest absolute Gasteiger partial charge is 0.456 e. The minimum atomic E-state index is 0.0319. The second-order valence-corrected chi connectivity index (χ2v) is 3.89. The molecule has 4 heteroatoms. The Morgan fingerprint density at radius 2 is 1.85 bits per heavy atom. The average molecular weight is 185 g/mol. The van der Waals surface area contributed by atoms with E-state index in [1.165, 1.54) is 6.42 Å². The third kappa shape index (κ3) is 5.29. The van der Waals surface area contributed by atoms with Crippen LogP contribution in [0.25, 0.3) is 0 Å². The van der Waals surface area contributed by atoms with E-state index in [9.17, 15) is 0 Å². The highest BCUT2D eigenvalue weighted by Gasteiger charge is 2.19. The molecule has 1 N–H and O–H groups in total. The molecular weight excluding hydrogens is 165 g/mol. The molecule has 1 heterocycles. The zero-order valence-corrected chi connectivity index (χ0v) is 8.71. The molecule has 0 bridgehead atoms. The van der Waals surface area contributed by atoms with Crippen LogP contribution in [0.15, 0.2) is 0 Å². The van der Waals surface area contributed by atoms with Gasteiger partial charge in [0.05, 0.1) is 0 Å². The lowest BCUT2D eigenvalue weighted by molar-refractivity contribution is 0.176. The molecule has 0 atom stereocenters. The van der Waals surface area contributed by atoms with E-state index in [1.807, 2.05) is 0 Å². The summed E-state index contributed by atoms with van der Waals surface area (Å²) in [5.74, 6) is 0.732. The van der Waals surface area contributed by atoms with Gasteiger partial charge in [0.2, 0.25) is 0 Å². The van der Waals surface area contributed by atoms with E-state index in [-0.39, 0.29) is 7.12 Å². The molecule has 1 rings (SSSR count). The highest BCUT2D eigenvalue weighted by molar-refractivity contribution is 6.44. The van der Waals surface area contributed by atoms with E-state index in [0.717, 1.165) is 38.5 Å². The summed E-state index contributed by atoms with van der Waals surface area (Å²) in [7, 11) is 0.0319. The molecule has 0 aliphatic carbocycles. The van der Waals surface area contributed by atoms with Gasteiger partial charge in [-0.3, -0.25) is 0 Å². The summed E-state index contributed by atoms with van der Waals surface area (Å²) in [4.78, 5) is 0. The smallest absolute Gasteiger partial charge is 0.410 e. The molecule has 3 nitrogen and oxygen atoms in total. The number of hydrogen-bond donors (Lipinski definition) is 1. The van der Waals surface area contributed by atoms with Crippen molar-refractivity contribution in [2.75, 3.05) is 26.3 Å². The molecule has 0 aromatic heterocycles. The Kier molecular flexibility index (Phi) is 5.43. The minimum Gasteiger partial charge on any atom is -0.410 e. The Bertz CT molecular complexity index is 125. The van der Waals surface area contributed by atoms with E-state index in [0.29, 0.717) is 0 Å². The monoisotopic (exact) mass is 185 g/mol. The maximum Gasteiger partial charge on any atom is 0.456 e. The van der Waals surface area contributed by atoms with Crippen LogP contribution < -0.4 is 5.32 Å². The van der Waals surface area contributed by atoms with Gasteiger partial charge < -0.3 is 14.6 Å². The fourth-order valence-electron chi connectivity index (χ4n) is 1.33. The van der Waals surface area contributed by atoms with Crippen LogP contribution in [-0.2, 0) is 9.31 Å². The Labute approximate surface area is 81.3 Å². The van der Waals surface area contributed by atoms with Gasteiger partial charge in [-0.05, 0) is 12.2 Å². The summed E-state index contributed by atoms with van der Waals surface area (Å²) in [6, 6.07) is 0. The Morgan fingerprint density at radius 3 is 2.38 bits per heavy atom. The lowest BCUT2D eigenvalue weighted by Crippen LogP contribution is -2.35. The first-order valence-electron chi connectivity index (χ1n) is 5.23. The molecule has 76 valence electrons. The molecule has 0 amide bonds. The van der Waals surface area contributed by atoms with Crippen molar-refractivity contribution in [3.8, 4) is 0 Å². The van der Waals surface area contributed by atoms with E-state index in [2.05, 4.69) is 19.2 Å². The van der Waals surface area contributed by atoms with E-state index in [1.54, 1.807) is 0 Å². The molecule has 1 saturated heterocycles. The molecule has 1 fully saturated rings. The Morgan fingerprint density at radius 1 is 1.23 bits per heavy atom. The molecule has 0 aromatic carbocycles. The van der Waals surface area contributed by atoms with Crippen molar-refractivity contribution in [2.45, 2.75) is 26.6 Å². The summed E-state index contributed by atoms with van der Waals surface area (Å²) in [5.41, 5.74) is 0. The second-order valence-electron chi connectivity index (χ2n) is 3.89. The molecule has 1 aliphatic heterocycles. The van der Waals surface area contributed by atoms with E-state index in [4.69, 9.17) is 9.31 Å². The normalized spacial score (nSPS) is 20.1. The van der Waals surface area contributed by atoms with E-state index < -0.39 is 0 Å². The van der Waals surface area contributed by atoms with Crippen molar-refractivity contribution >= 4 is 7.12 Å². The Balaban J connectivity index is 2.14. The van der Waals surface area contributed by atoms with Gasteiger partial charge in [0.15, 0.2) is 0 Å². The van der Waals surface area contributed by atoms with Crippen LogP contribution in [-0.4, -0.2) is 33.4 Å². The first kappa shape index (κ1) is 11.0. The summed E-state index contributed by atoms with van der Waals surface area (Å²) in [6.45, 7) is 7.88. The van der Waals surface area contributed by atoms with Crippen LogP contribution in [0.1, 0.15) is 20.3 Å². The van der Waals surface area contributed by atoms with Gasteiger partial charge in [0, 0.05) is 26.3 Å². The molecule has 1 aliphatic rings. The summed E-state index contributed by atoms with van der Waals surface area (Å²) >= 11 is 0. The fourth-order valence-corrected chi connectivity index (χ4v) is 1.33. The van der Waals surface area contributed by atoms with Crippen LogP contribution in [0.5, 0.6) is 0 Å². The van der Waals surface area contributed by atoms with Crippen molar-refractivity contribution in [3.05, 3.63) is 0 Å². The first-order valence-corrected chi connectivity index (χ1v) is 5.23. The van der Waals surface area contributed by atoms with Crippen molar-refractivity contribution in [3.63, 3.8) is 0 Å². The number of hydrogen-bond acceptors (Lipinski definition) is 3. The van der Waals surface area contributed by atoms with Crippen molar-refractivity contribution in [2.24, 2.45) is 5.92 Å².